The van der Waals surface area contributed by atoms with E-state index in [4.69, 9.17) is 20.5 Å². The standard InChI is InChI=1S/C13H21NO.C13H17NO/c2*1-2-3-4-5-10-15-13-8-6-12(11-14)7-9-13/h6-9H,2-5,10-11,14H2,1H3;6-9H,2-5,10H2,1H3. The predicted molar refractivity (Wildman–Crippen MR) is 125 cm³/mol. The minimum absolute atomic E-state index is 0.594. The Hall–Kier alpha value is -2.51. The van der Waals surface area contributed by atoms with E-state index >= 15 is 0 Å². The van der Waals surface area contributed by atoms with Crippen molar-refractivity contribution < 1.29 is 9.47 Å². The monoisotopic (exact) mass is 410 g/mol. The molecule has 0 spiro atoms. The molecule has 0 bridgehead atoms. The normalized spacial score (nSPS) is 9.93. The highest BCUT2D eigenvalue weighted by molar-refractivity contribution is 5.34. The van der Waals surface area contributed by atoms with Crippen LogP contribution in [0.2, 0.25) is 0 Å². The van der Waals surface area contributed by atoms with E-state index in [-0.39, 0.29) is 0 Å². The largest absolute Gasteiger partial charge is 0.494 e. The molecule has 0 atom stereocenters. The van der Waals surface area contributed by atoms with Gasteiger partial charge in [0.2, 0.25) is 0 Å². The van der Waals surface area contributed by atoms with Crippen molar-refractivity contribution in [1.82, 2.24) is 0 Å². The molecule has 164 valence electrons. The average Bonchev–Trinajstić information content (AvgIpc) is 2.80. The first kappa shape index (κ1) is 25.5. The summed E-state index contributed by atoms with van der Waals surface area (Å²) in [6.45, 7) is 6.60. The molecule has 0 aliphatic heterocycles. The first-order valence-electron chi connectivity index (χ1n) is 11.3. The number of unbranched alkanes of at least 4 members (excludes halogenated alkanes) is 6. The van der Waals surface area contributed by atoms with Gasteiger partial charge < -0.3 is 15.2 Å². The number of nitriles is 1. The predicted octanol–water partition coefficient (Wildman–Crippen LogP) is 6.62. The van der Waals surface area contributed by atoms with Gasteiger partial charge in [-0.05, 0) is 54.8 Å². The van der Waals surface area contributed by atoms with Gasteiger partial charge in [-0.1, -0.05) is 64.5 Å². The van der Waals surface area contributed by atoms with Crippen LogP contribution in [0.25, 0.3) is 0 Å². The molecule has 4 nitrogen and oxygen atoms in total. The summed E-state index contributed by atoms with van der Waals surface area (Å²) < 4.78 is 11.2. The summed E-state index contributed by atoms with van der Waals surface area (Å²) >= 11 is 0. The van der Waals surface area contributed by atoms with Crippen molar-refractivity contribution in [2.45, 2.75) is 71.8 Å². The van der Waals surface area contributed by atoms with E-state index in [1.807, 2.05) is 36.4 Å². The second-order valence-corrected chi connectivity index (χ2v) is 7.30. The fourth-order valence-electron chi connectivity index (χ4n) is 2.79. The number of rotatable bonds is 13. The Labute approximate surface area is 183 Å². The molecular formula is C26H38N2O2. The van der Waals surface area contributed by atoms with Crippen molar-refractivity contribution in [2.24, 2.45) is 5.73 Å². The van der Waals surface area contributed by atoms with Crippen LogP contribution in [0.3, 0.4) is 0 Å². The van der Waals surface area contributed by atoms with Crippen molar-refractivity contribution >= 4 is 0 Å². The molecule has 2 N–H and O–H groups in total. The summed E-state index contributed by atoms with van der Waals surface area (Å²) in [5.41, 5.74) is 7.34. The van der Waals surface area contributed by atoms with Crippen LogP contribution < -0.4 is 15.2 Å². The zero-order valence-corrected chi connectivity index (χ0v) is 18.7. The molecule has 0 aromatic heterocycles. The Morgan fingerprint density at radius 1 is 0.700 bits per heavy atom. The second kappa shape index (κ2) is 17.4. The fourth-order valence-corrected chi connectivity index (χ4v) is 2.79. The fraction of sp³-hybridized carbons (Fsp3) is 0.500. The molecule has 0 aliphatic rings. The number of ether oxygens (including phenoxy) is 2. The molecule has 30 heavy (non-hydrogen) atoms. The first-order chi connectivity index (χ1) is 14.7. The molecule has 0 saturated heterocycles. The third-order valence-corrected chi connectivity index (χ3v) is 4.68. The minimum Gasteiger partial charge on any atom is -0.494 e. The topological polar surface area (TPSA) is 68.3 Å². The first-order valence-corrected chi connectivity index (χ1v) is 11.3. The molecule has 0 unspecified atom stereocenters. The summed E-state index contributed by atoms with van der Waals surface area (Å²) in [6, 6.07) is 17.3. The molecule has 2 rings (SSSR count). The van der Waals surface area contributed by atoms with Crippen LogP contribution in [0, 0.1) is 11.3 Å². The Kier molecular flexibility index (Phi) is 14.8. The summed E-state index contributed by atoms with van der Waals surface area (Å²) in [5, 5.41) is 8.61. The van der Waals surface area contributed by atoms with Crippen molar-refractivity contribution in [2.75, 3.05) is 13.2 Å². The maximum atomic E-state index is 8.61. The second-order valence-electron chi connectivity index (χ2n) is 7.30. The molecule has 0 fully saturated rings. The average molecular weight is 411 g/mol. The van der Waals surface area contributed by atoms with E-state index in [0.29, 0.717) is 12.1 Å². The van der Waals surface area contributed by atoms with Crippen molar-refractivity contribution in [3.05, 3.63) is 59.7 Å². The van der Waals surface area contributed by atoms with E-state index < -0.39 is 0 Å². The number of hydrogen-bond donors (Lipinski definition) is 1. The zero-order chi connectivity index (χ0) is 21.9. The number of nitrogens with zero attached hydrogens (tertiary/aromatic N) is 1. The van der Waals surface area contributed by atoms with Crippen LogP contribution >= 0.6 is 0 Å². The van der Waals surface area contributed by atoms with Crippen molar-refractivity contribution in [3.63, 3.8) is 0 Å². The van der Waals surface area contributed by atoms with E-state index in [9.17, 15) is 0 Å². The quantitative estimate of drug-likeness (QED) is 0.377. The van der Waals surface area contributed by atoms with Crippen molar-refractivity contribution in [3.8, 4) is 17.6 Å². The van der Waals surface area contributed by atoms with Gasteiger partial charge in [0.1, 0.15) is 11.5 Å². The Bertz CT molecular complexity index is 690. The maximum absolute atomic E-state index is 8.61. The van der Waals surface area contributed by atoms with Gasteiger partial charge in [-0.25, -0.2) is 0 Å². The molecule has 2 aromatic carbocycles. The molecular weight excluding hydrogens is 372 g/mol. The van der Waals surface area contributed by atoms with Gasteiger partial charge in [-0.2, -0.15) is 5.26 Å². The van der Waals surface area contributed by atoms with Crippen LogP contribution in [-0.2, 0) is 6.54 Å². The third kappa shape index (κ3) is 12.1. The van der Waals surface area contributed by atoms with E-state index in [2.05, 4.69) is 19.9 Å². The Morgan fingerprint density at radius 2 is 1.17 bits per heavy atom. The lowest BCUT2D eigenvalue weighted by molar-refractivity contribution is 0.305. The minimum atomic E-state index is 0.594. The third-order valence-electron chi connectivity index (χ3n) is 4.68. The highest BCUT2D eigenvalue weighted by Crippen LogP contribution is 2.13. The lowest BCUT2D eigenvalue weighted by atomic mass is 10.2. The summed E-state index contributed by atoms with van der Waals surface area (Å²) in [4.78, 5) is 0. The Balaban J connectivity index is 0.000000300. The van der Waals surface area contributed by atoms with Gasteiger partial charge in [0, 0.05) is 6.54 Å². The number of benzene rings is 2. The van der Waals surface area contributed by atoms with E-state index in [0.717, 1.165) is 43.1 Å². The van der Waals surface area contributed by atoms with Crippen LogP contribution in [-0.4, -0.2) is 13.2 Å². The van der Waals surface area contributed by atoms with Crippen molar-refractivity contribution in [1.29, 1.82) is 5.26 Å². The van der Waals surface area contributed by atoms with E-state index in [1.165, 1.54) is 38.5 Å². The van der Waals surface area contributed by atoms with Gasteiger partial charge in [0.05, 0.1) is 24.8 Å². The number of hydrogen-bond acceptors (Lipinski definition) is 4. The van der Waals surface area contributed by atoms with Gasteiger partial charge >= 0.3 is 0 Å². The van der Waals surface area contributed by atoms with E-state index in [1.54, 1.807) is 12.1 Å². The van der Waals surface area contributed by atoms with Crippen LogP contribution in [0.4, 0.5) is 0 Å². The van der Waals surface area contributed by atoms with Crippen LogP contribution in [0.15, 0.2) is 48.5 Å². The molecule has 0 saturated carbocycles. The SMILES string of the molecule is CCCCCCOc1ccc(C#N)cc1.CCCCCCOc1ccc(CN)cc1. The van der Waals surface area contributed by atoms with Gasteiger partial charge in [0.15, 0.2) is 0 Å². The smallest absolute Gasteiger partial charge is 0.119 e. The van der Waals surface area contributed by atoms with Crippen LogP contribution in [0.1, 0.15) is 76.3 Å². The summed E-state index contributed by atoms with van der Waals surface area (Å²) in [7, 11) is 0. The summed E-state index contributed by atoms with van der Waals surface area (Å²) in [6.07, 6.45) is 9.83. The molecule has 4 heteroatoms. The summed E-state index contributed by atoms with van der Waals surface area (Å²) in [5.74, 6) is 1.80. The van der Waals surface area contributed by atoms with Gasteiger partial charge in [0.25, 0.3) is 0 Å². The van der Waals surface area contributed by atoms with Crippen LogP contribution in [0.5, 0.6) is 11.5 Å². The Morgan fingerprint density at radius 3 is 1.57 bits per heavy atom. The highest BCUT2D eigenvalue weighted by Gasteiger charge is 1.95. The lowest BCUT2D eigenvalue weighted by Crippen LogP contribution is -1.99. The molecule has 0 aliphatic carbocycles. The lowest BCUT2D eigenvalue weighted by Gasteiger charge is -2.06. The van der Waals surface area contributed by atoms with Gasteiger partial charge in [-0.15, -0.1) is 0 Å². The zero-order valence-electron chi connectivity index (χ0n) is 18.7. The highest BCUT2D eigenvalue weighted by atomic mass is 16.5. The van der Waals surface area contributed by atoms with Gasteiger partial charge in [-0.3, -0.25) is 0 Å². The number of nitrogens with two attached hydrogens (primary N) is 1. The molecule has 0 heterocycles. The molecule has 0 radical (unpaired) electrons. The molecule has 0 amide bonds. The maximum Gasteiger partial charge on any atom is 0.119 e. The molecule has 2 aromatic rings.